The van der Waals surface area contributed by atoms with Gasteiger partial charge in [0, 0.05) is 19.0 Å². The first kappa shape index (κ1) is 12.7. The van der Waals surface area contributed by atoms with E-state index in [0.29, 0.717) is 0 Å². The second kappa shape index (κ2) is 6.30. The Kier molecular flexibility index (Phi) is 5.01. The average molecular weight is 226 g/mol. The van der Waals surface area contributed by atoms with Gasteiger partial charge in [-0.2, -0.15) is 0 Å². The van der Waals surface area contributed by atoms with Gasteiger partial charge in [-0.3, -0.25) is 4.79 Å². The molecule has 0 amide bonds. The summed E-state index contributed by atoms with van der Waals surface area (Å²) in [5.41, 5.74) is 5.37. The van der Waals surface area contributed by atoms with E-state index in [0.717, 1.165) is 18.6 Å². The number of carboxylic acids is 1. The summed E-state index contributed by atoms with van der Waals surface area (Å²) in [7, 11) is 0. The van der Waals surface area contributed by atoms with Gasteiger partial charge in [-0.15, -0.1) is 0 Å². The van der Waals surface area contributed by atoms with Crippen molar-refractivity contribution >= 4 is 5.97 Å². The summed E-state index contributed by atoms with van der Waals surface area (Å²) in [5.74, 6) is -0.0399. The van der Waals surface area contributed by atoms with Gasteiger partial charge in [0.25, 0.3) is 0 Å². The SMILES string of the molecule is CC(CCc1ccco1)NCC(N)C(=O)O. The molecule has 5 nitrogen and oxygen atoms in total. The van der Waals surface area contributed by atoms with Crippen molar-refractivity contribution in [1.82, 2.24) is 5.32 Å². The molecule has 90 valence electrons. The molecule has 1 aromatic rings. The third-order valence-electron chi connectivity index (χ3n) is 2.41. The molecule has 1 aromatic heterocycles. The Labute approximate surface area is 94.6 Å². The second-order valence-corrected chi connectivity index (χ2v) is 3.87. The molecular formula is C11H18N2O3. The predicted molar refractivity (Wildman–Crippen MR) is 60.1 cm³/mol. The van der Waals surface area contributed by atoms with Crippen LogP contribution in [0.1, 0.15) is 19.1 Å². The summed E-state index contributed by atoms with van der Waals surface area (Å²) in [6, 6.07) is 3.16. The summed E-state index contributed by atoms with van der Waals surface area (Å²) in [6.07, 6.45) is 3.37. The van der Waals surface area contributed by atoms with Gasteiger partial charge in [-0.25, -0.2) is 0 Å². The van der Waals surface area contributed by atoms with Gasteiger partial charge in [0.05, 0.1) is 6.26 Å². The van der Waals surface area contributed by atoms with Gasteiger partial charge in [0.1, 0.15) is 11.8 Å². The predicted octanol–water partition coefficient (Wildman–Crippen LogP) is 0.602. The second-order valence-electron chi connectivity index (χ2n) is 3.87. The van der Waals surface area contributed by atoms with Crippen LogP contribution in [0.5, 0.6) is 0 Å². The monoisotopic (exact) mass is 226 g/mol. The fraction of sp³-hybridized carbons (Fsp3) is 0.545. The Morgan fingerprint density at radius 1 is 1.69 bits per heavy atom. The number of furan rings is 1. The Bertz CT molecular complexity index is 311. The van der Waals surface area contributed by atoms with Crippen molar-refractivity contribution in [3.8, 4) is 0 Å². The van der Waals surface area contributed by atoms with Gasteiger partial charge < -0.3 is 20.6 Å². The van der Waals surface area contributed by atoms with Crippen molar-refractivity contribution in [3.63, 3.8) is 0 Å². The van der Waals surface area contributed by atoms with Crippen molar-refractivity contribution < 1.29 is 14.3 Å². The van der Waals surface area contributed by atoms with Crippen molar-refractivity contribution in [1.29, 1.82) is 0 Å². The Hall–Kier alpha value is -1.33. The van der Waals surface area contributed by atoms with E-state index >= 15 is 0 Å². The molecule has 5 heteroatoms. The van der Waals surface area contributed by atoms with Gasteiger partial charge >= 0.3 is 5.97 Å². The molecule has 0 radical (unpaired) electrons. The zero-order chi connectivity index (χ0) is 12.0. The highest BCUT2D eigenvalue weighted by Gasteiger charge is 2.12. The molecule has 0 bridgehead atoms. The standard InChI is InChI=1S/C11H18N2O3/c1-8(13-7-10(12)11(14)15)4-5-9-3-2-6-16-9/h2-3,6,8,10,13H,4-5,7,12H2,1H3,(H,14,15). The highest BCUT2D eigenvalue weighted by atomic mass is 16.4. The minimum Gasteiger partial charge on any atom is -0.480 e. The topological polar surface area (TPSA) is 88.5 Å². The lowest BCUT2D eigenvalue weighted by Crippen LogP contribution is -2.43. The number of carbonyl (C=O) groups is 1. The summed E-state index contributed by atoms with van der Waals surface area (Å²) in [4.78, 5) is 10.5. The van der Waals surface area contributed by atoms with E-state index in [9.17, 15) is 4.79 Å². The van der Waals surface area contributed by atoms with Crippen LogP contribution >= 0.6 is 0 Å². The number of rotatable bonds is 7. The van der Waals surface area contributed by atoms with Crippen molar-refractivity contribution in [2.45, 2.75) is 31.8 Å². The van der Waals surface area contributed by atoms with Crippen LogP contribution in [0.2, 0.25) is 0 Å². The molecule has 0 aliphatic rings. The quantitative estimate of drug-likeness (QED) is 0.633. The Morgan fingerprint density at radius 2 is 2.44 bits per heavy atom. The molecule has 0 aliphatic heterocycles. The van der Waals surface area contributed by atoms with Crippen molar-refractivity contribution in [2.75, 3.05) is 6.54 Å². The number of hydrogen-bond donors (Lipinski definition) is 3. The highest BCUT2D eigenvalue weighted by Crippen LogP contribution is 2.05. The zero-order valence-electron chi connectivity index (χ0n) is 9.35. The number of aryl methyl sites for hydroxylation is 1. The fourth-order valence-corrected chi connectivity index (χ4v) is 1.33. The van der Waals surface area contributed by atoms with E-state index in [2.05, 4.69) is 5.32 Å². The van der Waals surface area contributed by atoms with Crippen LogP contribution < -0.4 is 11.1 Å². The molecule has 0 aliphatic carbocycles. The molecule has 0 fully saturated rings. The third-order valence-corrected chi connectivity index (χ3v) is 2.41. The largest absolute Gasteiger partial charge is 0.480 e. The molecule has 4 N–H and O–H groups in total. The third kappa shape index (κ3) is 4.46. The first-order chi connectivity index (χ1) is 7.59. The Morgan fingerprint density at radius 3 is 3.00 bits per heavy atom. The molecule has 2 atom stereocenters. The molecular weight excluding hydrogens is 208 g/mol. The van der Waals surface area contributed by atoms with E-state index in [-0.39, 0.29) is 12.6 Å². The van der Waals surface area contributed by atoms with Crippen molar-refractivity contribution in [3.05, 3.63) is 24.2 Å². The van der Waals surface area contributed by atoms with Gasteiger partial charge in [0.2, 0.25) is 0 Å². The van der Waals surface area contributed by atoms with Gasteiger partial charge in [0.15, 0.2) is 0 Å². The van der Waals surface area contributed by atoms with Crippen LogP contribution in [-0.2, 0) is 11.2 Å². The molecule has 2 unspecified atom stereocenters. The van der Waals surface area contributed by atoms with E-state index in [1.165, 1.54) is 0 Å². The lowest BCUT2D eigenvalue weighted by Gasteiger charge is -2.14. The maximum absolute atomic E-state index is 10.5. The summed E-state index contributed by atoms with van der Waals surface area (Å²) in [5, 5.41) is 11.7. The van der Waals surface area contributed by atoms with Gasteiger partial charge in [-0.1, -0.05) is 0 Å². The molecule has 0 spiro atoms. The number of nitrogens with one attached hydrogen (secondary N) is 1. The van der Waals surface area contributed by atoms with Crippen LogP contribution in [0.4, 0.5) is 0 Å². The normalized spacial score (nSPS) is 14.6. The molecule has 1 rings (SSSR count). The Balaban J connectivity index is 2.16. The highest BCUT2D eigenvalue weighted by molar-refractivity contribution is 5.73. The minimum atomic E-state index is -0.981. The zero-order valence-corrected chi connectivity index (χ0v) is 9.35. The number of hydrogen-bond acceptors (Lipinski definition) is 4. The molecule has 1 heterocycles. The van der Waals surface area contributed by atoms with Crippen LogP contribution in [0.15, 0.2) is 22.8 Å². The van der Waals surface area contributed by atoms with Crippen LogP contribution in [0.3, 0.4) is 0 Å². The summed E-state index contributed by atoms with van der Waals surface area (Å²) < 4.78 is 5.20. The molecule has 0 aromatic carbocycles. The number of carboxylic acid groups (broad SMARTS) is 1. The van der Waals surface area contributed by atoms with Crippen LogP contribution in [0, 0.1) is 0 Å². The smallest absolute Gasteiger partial charge is 0.321 e. The number of aliphatic carboxylic acids is 1. The van der Waals surface area contributed by atoms with E-state index in [4.69, 9.17) is 15.3 Å². The lowest BCUT2D eigenvalue weighted by atomic mass is 10.1. The van der Waals surface area contributed by atoms with E-state index in [1.54, 1.807) is 6.26 Å². The molecule has 0 saturated heterocycles. The first-order valence-electron chi connectivity index (χ1n) is 5.33. The van der Waals surface area contributed by atoms with Gasteiger partial charge in [-0.05, 0) is 25.5 Å². The molecule has 0 saturated carbocycles. The fourth-order valence-electron chi connectivity index (χ4n) is 1.33. The summed E-state index contributed by atoms with van der Waals surface area (Å²) >= 11 is 0. The minimum absolute atomic E-state index is 0.218. The first-order valence-corrected chi connectivity index (χ1v) is 5.33. The number of nitrogens with two attached hydrogens (primary N) is 1. The van der Waals surface area contributed by atoms with E-state index < -0.39 is 12.0 Å². The van der Waals surface area contributed by atoms with E-state index in [1.807, 2.05) is 19.1 Å². The maximum Gasteiger partial charge on any atom is 0.321 e. The average Bonchev–Trinajstić information content (AvgIpc) is 2.75. The maximum atomic E-state index is 10.5. The molecule has 16 heavy (non-hydrogen) atoms. The van der Waals surface area contributed by atoms with Crippen molar-refractivity contribution in [2.24, 2.45) is 5.73 Å². The summed E-state index contributed by atoms with van der Waals surface area (Å²) in [6.45, 7) is 2.28. The van der Waals surface area contributed by atoms with Crippen LogP contribution in [0.25, 0.3) is 0 Å². The lowest BCUT2D eigenvalue weighted by molar-refractivity contribution is -0.138. The van der Waals surface area contributed by atoms with Crippen LogP contribution in [-0.4, -0.2) is 29.7 Å².